The van der Waals surface area contributed by atoms with Gasteiger partial charge in [0.05, 0.1) is 6.61 Å². The summed E-state index contributed by atoms with van der Waals surface area (Å²) in [5.74, 6) is -1.43. The summed E-state index contributed by atoms with van der Waals surface area (Å²) >= 11 is 0. The zero-order valence-corrected chi connectivity index (χ0v) is 18.2. The van der Waals surface area contributed by atoms with Crippen molar-refractivity contribution in [3.63, 3.8) is 0 Å². The van der Waals surface area contributed by atoms with Crippen molar-refractivity contribution in [2.45, 2.75) is 96.9 Å². The smallest absolute Gasteiger partial charge is 0.328 e. The highest BCUT2D eigenvalue weighted by Crippen LogP contribution is 2.12. The van der Waals surface area contributed by atoms with Crippen LogP contribution in [0.25, 0.3) is 0 Å². The van der Waals surface area contributed by atoms with Gasteiger partial charge in [0.15, 0.2) is 0 Å². The number of ether oxygens (including phenoxy) is 1. The maximum Gasteiger partial charge on any atom is 0.328 e. The molecule has 1 N–H and O–H groups in total. The van der Waals surface area contributed by atoms with E-state index in [9.17, 15) is 14.0 Å². The summed E-state index contributed by atoms with van der Waals surface area (Å²) in [6, 6.07) is 4.61. The predicted molar refractivity (Wildman–Crippen MR) is 115 cm³/mol. The first-order valence-corrected chi connectivity index (χ1v) is 11.3. The molecule has 0 fully saturated rings. The highest BCUT2D eigenvalue weighted by Gasteiger charge is 2.18. The second-order valence-corrected chi connectivity index (χ2v) is 7.76. The van der Waals surface area contributed by atoms with Crippen LogP contribution >= 0.6 is 0 Å². The summed E-state index contributed by atoms with van der Waals surface area (Å²) in [5.41, 5.74) is 0.186. The molecule has 164 valence electrons. The van der Waals surface area contributed by atoms with Crippen LogP contribution < -0.4 is 5.32 Å². The Bertz CT molecular complexity index is 591. The first kappa shape index (κ1) is 25.1. The van der Waals surface area contributed by atoms with Crippen LogP contribution in [-0.2, 0) is 9.53 Å². The number of esters is 1. The Morgan fingerprint density at radius 1 is 0.931 bits per heavy atom. The molecule has 0 spiro atoms. The third-order valence-electron chi connectivity index (χ3n) is 5.03. The number of nitrogens with one attached hydrogen (secondary N) is 1. The van der Waals surface area contributed by atoms with Gasteiger partial charge in [-0.05, 0) is 31.5 Å². The van der Waals surface area contributed by atoms with Gasteiger partial charge in [-0.2, -0.15) is 0 Å². The van der Waals surface area contributed by atoms with Crippen molar-refractivity contribution >= 4 is 11.9 Å². The van der Waals surface area contributed by atoms with Crippen LogP contribution in [0.3, 0.4) is 0 Å². The molecule has 0 unspecified atom stereocenters. The maximum atomic E-state index is 13.2. The fraction of sp³-hybridized carbons (Fsp3) is 0.667. The van der Waals surface area contributed by atoms with Crippen molar-refractivity contribution in [1.82, 2.24) is 5.32 Å². The Balaban J connectivity index is 2.00. The normalized spacial score (nSPS) is 11.8. The van der Waals surface area contributed by atoms with Crippen LogP contribution in [0.5, 0.6) is 0 Å². The monoisotopic (exact) mass is 407 g/mol. The molecule has 0 aliphatic carbocycles. The van der Waals surface area contributed by atoms with Crippen LogP contribution in [0.4, 0.5) is 4.39 Å². The van der Waals surface area contributed by atoms with Gasteiger partial charge in [-0.25, -0.2) is 9.18 Å². The van der Waals surface area contributed by atoms with Crippen LogP contribution in [0.1, 0.15) is 101 Å². The topological polar surface area (TPSA) is 55.4 Å². The molecule has 5 heteroatoms. The average molecular weight is 408 g/mol. The second kappa shape index (κ2) is 15.9. The molecule has 0 aliphatic heterocycles. The lowest BCUT2D eigenvalue weighted by Gasteiger charge is -2.13. The molecule has 29 heavy (non-hydrogen) atoms. The minimum absolute atomic E-state index is 0.186. The lowest BCUT2D eigenvalue weighted by atomic mass is 10.1. The van der Waals surface area contributed by atoms with E-state index < -0.39 is 23.7 Å². The number of halogens is 1. The van der Waals surface area contributed by atoms with E-state index in [4.69, 9.17) is 4.74 Å². The molecule has 0 saturated carbocycles. The number of carbonyl (C=O) groups is 2. The summed E-state index contributed by atoms with van der Waals surface area (Å²) in [7, 11) is 0. The largest absolute Gasteiger partial charge is 0.464 e. The molecular formula is C24H38FNO3. The fourth-order valence-corrected chi connectivity index (χ4v) is 3.21. The van der Waals surface area contributed by atoms with Crippen molar-refractivity contribution in [1.29, 1.82) is 0 Å². The Morgan fingerprint density at radius 2 is 1.48 bits per heavy atom. The van der Waals surface area contributed by atoms with Gasteiger partial charge in [0.2, 0.25) is 0 Å². The number of rotatable bonds is 16. The lowest BCUT2D eigenvalue weighted by molar-refractivity contribution is -0.145. The standard InChI is InChI=1S/C24H38FNO3/c1-3-4-5-6-7-8-9-10-11-12-13-14-18-29-24(28)20(2)26-23(27)21-16-15-17-22(25)19-21/h15-17,19-20H,3-14,18H2,1-2H3,(H,26,27)/t20-/m0/s1. The van der Waals surface area contributed by atoms with Crippen LogP contribution in [0.15, 0.2) is 24.3 Å². The molecule has 1 atom stereocenters. The number of amides is 1. The molecule has 0 saturated heterocycles. The average Bonchev–Trinajstić information content (AvgIpc) is 2.71. The summed E-state index contributed by atoms with van der Waals surface area (Å²) in [6.45, 7) is 4.19. The number of benzene rings is 1. The SMILES string of the molecule is CCCCCCCCCCCCCCOC(=O)[C@H](C)NC(=O)c1cccc(F)c1. The Morgan fingerprint density at radius 3 is 2.03 bits per heavy atom. The molecular weight excluding hydrogens is 369 g/mol. The Hall–Kier alpha value is -1.91. The fourth-order valence-electron chi connectivity index (χ4n) is 3.21. The van der Waals surface area contributed by atoms with Gasteiger partial charge < -0.3 is 10.1 Å². The predicted octanol–water partition coefficient (Wildman–Crippen LogP) is 6.19. The molecule has 1 amide bonds. The third-order valence-corrected chi connectivity index (χ3v) is 5.03. The van der Waals surface area contributed by atoms with Crippen molar-refractivity contribution in [2.75, 3.05) is 6.61 Å². The van der Waals surface area contributed by atoms with Crippen molar-refractivity contribution < 1.29 is 18.7 Å². The summed E-state index contributed by atoms with van der Waals surface area (Å²) < 4.78 is 18.4. The Labute approximate surface area is 175 Å². The van der Waals surface area contributed by atoms with Gasteiger partial charge in [0.25, 0.3) is 5.91 Å². The number of unbranched alkanes of at least 4 members (excludes halogenated alkanes) is 11. The third kappa shape index (κ3) is 12.3. The van der Waals surface area contributed by atoms with E-state index in [0.29, 0.717) is 6.61 Å². The van der Waals surface area contributed by atoms with Gasteiger partial charge >= 0.3 is 5.97 Å². The van der Waals surface area contributed by atoms with E-state index in [2.05, 4.69) is 12.2 Å². The summed E-state index contributed by atoms with van der Waals surface area (Å²) in [6.07, 6.45) is 15.0. The minimum atomic E-state index is -0.761. The zero-order chi connectivity index (χ0) is 21.3. The van der Waals surface area contributed by atoms with Crippen molar-refractivity contribution in [3.05, 3.63) is 35.6 Å². The van der Waals surface area contributed by atoms with E-state index in [1.165, 1.54) is 82.4 Å². The molecule has 1 rings (SSSR count). The van der Waals surface area contributed by atoms with E-state index in [-0.39, 0.29) is 5.56 Å². The summed E-state index contributed by atoms with van der Waals surface area (Å²) in [5, 5.41) is 2.54. The molecule has 1 aromatic carbocycles. The van der Waals surface area contributed by atoms with Gasteiger partial charge in [-0.15, -0.1) is 0 Å². The molecule has 1 aromatic rings. The highest BCUT2D eigenvalue weighted by molar-refractivity contribution is 5.96. The number of hydrogen-bond acceptors (Lipinski definition) is 3. The maximum absolute atomic E-state index is 13.2. The van der Waals surface area contributed by atoms with E-state index in [1.54, 1.807) is 6.92 Å². The molecule has 0 radical (unpaired) electrons. The quantitative estimate of drug-likeness (QED) is 0.263. The first-order chi connectivity index (χ1) is 14.0. The van der Waals surface area contributed by atoms with Gasteiger partial charge in [0.1, 0.15) is 11.9 Å². The molecule has 0 aliphatic rings. The molecule has 0 bridgehead atoms. The summed E-state index contributed by atoms with van der Waals surface area (Å²) in [4.78, 5) is 24.0. The van der Waals surface area contributed by atoms with E-state index >= 15 is 0 Å². The van der Waals surface area contributed by atoms with Crippen LogP contribution in [-0.4, -0.2) is 24.5 Å². The Kier molecular flexibility index (Phi) is 13.8. The first-order valence-electron chi connectivity index (χ1n) is 11.3. The second-order valence-electron chi connectivity index (χ2n) is 7.76. The zero-order valence-electron chi connectivity index (χ0n) is 18.2. The van der Waals surface area contributed by atoms with Crippen molar-refractivity contribution in [3.8, 4) is 0 Å². The minimum Gasteiger partial charge on any atom is -0.464 e. The van der Waals surface area contributed by atoms with Crippen LogP contribution in [0, 0.1) is 5.82 Å². The number of carbonyl (C=O) groups excluding carboxylic acids is 2. The molecule has 0 heterocycles. The lowest BCUT2D eigenvalue weighted by Crippen LogP contribution is -2.39. The van der Waals surface area contributed by atoms with Gasteiger partial charge in [0, 0.05) is 5.56 Å². The van der Waals surface area contributed by atoms with E-state index in [0.717, 1.165) is 18.9 Å². The molecule has 0 aromatic heterocycles. The molecule has 4 nitrogen and oxygen atoms in total. The van der Waals surface area contributed by atoms with Gasteiger partial charge in [-0.3, -0.25) is 4.79 Å². The van der Waals surface area contributed by atoms with Crippen molar-refractivity contribution in [2.24, 2.45) is 0 Å². The van der Waals surface area contributed by atoms with E-state index in [1.807, 2.05) is 0 Å². The number of hydrogen-bond donors (Lipinski definition) is 1. The highest BCUT2D eigenvalue weighted by atomic mass is 19.1. The van der Waals surface area contributed by atoms with Gasteiger partial charge in [-0.1, -0.05) is 83.6 Å². The van der Waals surface area contributed by atoms with Crippen LogP contribution in [0.2, 0.25) is 0 Å².